The molecule has 0 radical (unpaired) electrons. The second kappa shape index (κ2) is 3.80. The molecule has 0 saturated carbocycles. The first kappa shape index (κ1) is 10.1. The molecule has 0 aromatic rings. The van der Waals surface area contributed by atoms with Gasteiger partial charge >= 0.3 is 7.05 Å². The lowest BCUT2D eigenvalue weighted by Crippen LogP contribution is -2.53. The van der Waals surface area contributed by atoms with Crippen molar-refractivity contribution in [2.75, 3.05) is 7.05 Å². The van der Waals surface area contributed by atoms with Gasteiger partial charge in [-0.15, -0.1) is 0 Å². The van der Waals surface area contributed by atoms with E-state index in [4.69, 9.17) is 4.65 Å². The van der Waals surface area contributed by atoms with Gasteiger partial charge in [-0.2, -0.15) is 0 Å². The van der Waals surface area contributed by atoms with Crippen LogP contribution in [0.2, 0.25) is 5.82 Å². The van der Waals surface area contributed by atoms with Crippen molar-refractivity contribution in [2.45, 2.75) is 52.1 Å². The van der Waals surface area contributed by atoms with Crippen LogP contribution in [0, 0.1) is 0 Å². The Morgan fingerprint density at radius 3 is 2.50 bits per heavy atom. The van der Waals surface area contributed by atoms with Crippen LogP contribution >= 0.6 is 0 Å². The van der Waals surface area contributed by atoms with E-state index in [0.717, 1.165) is 6.42 Å². The first-order chi connectivity index (χ1) is 5.52. The fraction of sp³-hybridized carbons (Fsp3) is 1.00. The SMILES string of the molecule is CC(C)B1O[C@@H](C)C[C@@H](C)N1C. The summed E-state index contributed by atoms with van der Waals surface area (Å²) in [6.45, 7) is 8.87. The van der Waals surface area contributed by atoms with Gasteiger partial charge in [-0.3, -0.25) is 0 Å². The van der Waals surface area contributed by atoms with Crippen LogP contribution in [0.3, 0.4) is 0 Å². The van der Waals surface area contributed by atoms with E-state index < -0.39 is 0 Å². The monoisotopic (exact) mass is 169 g/mol. The molecule has 12 heavy (non-hydrogen) atoms. The molecule has 3 heteroatoms. The summed E-state index contributed by atoms with van der Waals surface area (Å²) in [7, 11) is 2.46. The Labute approximate surface area is 76.4 Å². The van der Waals surface area contributed by atoms with Gasteiger partial charge in [-0.1, -0.05) is 20.8 Å². The molecule has 0 unspecified atom stereocenters. The van der Waals surface area contributed by atoms with Gasteiger partial charge in [0.05, 0.1) is 0 Å². The van der Waals surface area contributed by atoms with Crippen LogP contribution in [0.1, 0.15) is 34.1 Å². The Morgan fingerprint density at radius 1 is 1.42 bits per heavy atom. The van der Waals surface area contributed by atoms with Crippen LogP contribution < -0.4 is 0 Å². The average molecular weight is 169 g/mol. The minimum atomic E-state index is 0.309. The maximum Gasteiger partial charge on any atom is 0.385 e. The predicted octanol–water partition coefficient (Wildman–Crippen LogP) is 2.01. The molecular weight excluding hydrogens is 149 g/mol. The van der Waals surface area contributed by atoms with Crippen molar-refractivity contribution in [2.24, 2.45) is 0 Å². The summed E-state index contributed by atoms with van der Waals surface area (Å²) in [6, 6.07) is 0.654. The van der Waals surface area contributed by atoms with Gasteiger partial charge in [0.15, 0.2) is 0 Å². The van der Waals surface area contributed by atoms with E-state index in [1.165, 1.54) is 0 Å². The molecular formula is C9H20BNO. The van der Waals surface area contributed by atoms with Crippen LogP contribution in [-0.2, 0) is 4.65 Å². The van der Waals surface area contributed by atoms with E-state index in [2.05, 4.69) is 39.6 Å². The predicted molar refractivity (Wildman–Crippen MR) is 53.2 cm³/mol. The van der Waals surface area contributed by atoms with Crippen molar-refractivity contribution in [3.8, 4) is 0 Å². The normalized spacial score (nSPS) is 33.0. The van der Waals surface area contributed by atoms with E-state index in [0.29, 0.717) is 25.0 Å². The highest BCUT2D eigenvalue weighted by Crippen LogP contribution is 2.24. The molecule has 0 spiro atoms. The van der Waals surface area contributed by atoms with E-state index in [9.17, 15) is 0 Å². The summed E-state index contributed by atoms with van der Waals surface area (Å²) in [5, 5.41) is 0. The van der Waals surface area contributed by atoms with Crippen molar-refractivity contribution < 1.29 is 4.65 Å². The van der Waals surface area contributed by atoms with Gasteiger partial charge in [0.1, 0.15) is 0 Å². The summed E-state index contributed by atoms with van der Waals surface area (Å²) in [5.41, 5.74) is 0. The fourth-order valence-electron chi connectivity index (χ4n) is 1.91. The van der Waals surface area contributed by atoms with Crippen LogP contribution in [-0.4, -0.2) is 31.1 Å². The molecule has 70 valence electrons. The molecule has 1 fully saturated rings. The van der Waals surface area contributed by atoms with Gasteiger partial charge < -0.3 is 9.47 Å². The maximum absolute atomic E-state index is 5.86. The highest BCUT2D eigenvalue weighted by Gasteiger charge is 2.35. The fourth-order valence-corrected chi connectivity index (χ4v) is 1.91. The van der Waals surface area contributed by atoms with Gasteiger partial charge in [0.25, 0.3) is 0 Å². The quantitative estimate of drug-likeness (QED) is 0.556. The summed E-state index contributed by atoms with van der Waals surface area (Å²) in [5.74, 6) is 0.584. The summed E-state index contributed by atoms with van der Waals surface area (Å²) < 4.78 is 5.86. The number of nitrogens with zero attached hydrogens (tertiary/aromatic N) is 1. The van der Waals surface area contributed by atoms with Crippen molar-refractivity contribution in [1.82, 2.24) is 4.81 Å². The van der Waals surface area contributed by atoms with E-state index in [1.54, 1.807) is 0 Å². The summed E-state index contributed by atoms with van der Waals surface area (Å²) >= 11 is 0. The molecule has 0 amide bonds. The highest BCUT2D eigenvalue weighted by atomic mass is 16.5. The van der Waals surface area contributed by atoms with Gasteiger partial charge in [0, 0.05) is 12.1 Å². The maximum atomic E-state index is 5.86. The molecule has 0 aliphatic carbocycles. The number of rotatable bonds is 1. The molecule has 0 aromatic carbocycles. The third-order valence-electron chi connectivity index (χ3n) is 2.71. The van der Waals surface area contributed by atoms with E-state index >= 15 is 0 Å². The van der Waals surface area contributed by atoms with Gasteiger partial charge in [0.2, 0.25) is 0 Å². The molecule has 0 aromatic heterocycles. The van der Waals surface area contributed by atoms with Crippen molar-refractivity contribution in [3.63, 3.8) is 0 Å². The van der Waals surface area contributed by atoms with Crippen molar-refractivity contribution >= 4 is 7.05 Å². The van der Waals surface area contributed by atoms with Crippen LogP contribution in [0.5, 0.6) is 0 Å². The van der Waals surface area contributed by atoms with E-state index in [-0.39, 0.29) is 0 Å². The lowest BCUT2D eigenvalue weighted by molar-refractivity contribution is 0.105. The molecule has 1 aliphatic heterocycles. The standard InChI is InChI=1S/C9H20BNO/c1-7(2)10-11(5)8(3)6-9(4)12-10/h7-9H,6H2,1-5H3/t8-,9+/m1/s1. The smallest absolute Gasteiger partial charge is 0.385 e. The van der Waals surface area contributed by atoms with Crippen LogP contribution in [0.4, 0.5) is 0 Å². The third-order valence-corrected chi connectivity index (χ3v) is 2.71. The second-order valence-electron chi connectivity index (χ2n) is 4.33. The molecule has 1 rings (SSSR count). The summed E-state index contributed by atoms with van der Waals surface area (Å²) in [6.07, 6.45) is 1.57. The van der Waals surface area contributed by atoms with Crippen molar-refractivity contribution in [3.05, 3.63) is 0 Å². The first-order valence-electron chi connectivity index (χ1n) is 4.89. The summed E-state index contributed by atoms with van der Waals surface area (Å²) in [4.78, 5) is 2.34. The van der Waals surface area contributed by atoms with Gasteiger partial charge in [-0.05, 0) is 26.2 Å². The lowest BCUT2D eigenvalue weighted by atomic mass is 9.65. The molecule has 2 nitrogen and oxygen atoms in total. The van der Waals surface area contributed by atoms with Crippen molar-refractivity contribution in [1.29, 1.82) is 0 Å². The molecule has 1 aliphatic rings. The Balaban J connectivity index is 2.60. The average Bonchev–Trinajstić information content (AvgIpc) is 1.96. The Morgan fingerprint density at radius 2 is 2.00 bits per heavy atom. The Bertz CT molecular complexity index is 151. The molecule has 1 heterocycles. The largest absolute Gasteiger partial charge is 0.419 e. The van der Waals surface area contributed by atoms with Crippen LogP contribution in [0.15, 0.2) is 0 Å². The molecule has 1 saturated heterocycles. The minimum Gasteiger partial charge on any atom is -0.419 e. The van der Waals surface area contributed by atoms with Gasteiger partial charge in [-0.25, -0.2) is 0 Å². The van der Waals surface area contributed by atoms with Crippen LogP contribution in [0.25, 0.3) is 0 Å². The number of hydrogen-bond acceptors (Lipinski definition) is 2. The lowest BCUT2D eigenvalue weighted by Gasteiger charge is -2.40. The Kier molecular flexibility index (Phi) is 3.19. The second-order valence-corrected chi connectivity index (χ2v) is 4.33. The third kappa shape index (κ3) is 2.02. The highest BCUT2D eigenvalue weighted by molar-refractivity contribution is 6.50. The van der Waals surface area contributed by atoms with E-state index in [1.807, 2.05) is 0 Å². The number of hydrogen-bond donors (Lipinski definition) is 0. The first-order valence-corrected chi connectivity index (χ1v) is 4.89. The zero-order valence-corrected chi connectivity index (χ0v) is 8.87. The minimum absolute atomic E-state index is 0.309. The topological polar surface area (TPSA) is 12.5 Å². The molecule has 0 bridgehead atoms. The zero-order valence-electron chi connectivity index (χ0n) is 8.87. The zero-order chi connectivity index (χ0) is 9.30. The molecule has 0 N–H and O–H groups in total. The molecule has 2 atom stereocenters. The Hall–Kier alpha value is -0.0151.